The van der Waals surface area contributed by atoms with Crippen LogP contribution in [0.2, 0.25) is 0 Å². The number of ether oxygens (including phenoxy) is 1. The lowest BCUT2D eigenvalue weighted by Crippen LogP contribution is -2.46. The Morgan fingerprint density at radius 3 is 1.70 bits per heavy atom. The summed E-state index contributed by atoms with van der Waals surface area (Å²) in [7, 11) is -1.08. The van der Waals surface area contributed by atoms with Gasteiger partial charge >= 0.3 is 11.8 Å². The SMILES string of the molecule is CCCCCCCCCCCCC/C=C\[C@@H](O)[C@H](COP(=O)([O-])OCC[N+](C)(C)CCOc1ccc(C2(C(F)(F)F)N=N2)cc1)NC(=O)CCCCCCCCCCCCCCC. The zero-order valence-corrected chi connectivity index (χ0v) is 40.3. The van der Waals surface area contributed by atoms with Crippen LogP contribution in [-0.4, -0.2) is 80.8 Å². The molecule has 0 saturated carbocycles. The van der Waals surface area contributed by atoms with E-state index < -0.39 is 38.4 Å². The monoisotopic (exact) mass is 917 g/mol. The molecule has 0 bridgehead atoms. The van der Waals surface area contributed by atoms with E-state index in [0.29, 0.717) is 23.2 Å². The number of carbonyl (C=O) groups excluding carboxylic acids is 1. The number of hydrogen-bond donors (Lipinski definition) is 2. The van der Waals surface area contributed by atoms with Crippen molar-refractivity contribution in [1.82, 2.24) is 5.32 Å². The molecule has 1 amide bonds. The van der Waals surface area contributed by atoms with Gasteiger partial charge < -0.3 is 33.6 Å². The first-order valence-corrected chi connectivity index (χ1v) is 25.9. The molecule has 1 heterocycles. The van der Waals surface area contributed by atoms with Crippen LogP contribution in [0.15, 0.2) is 46.6 Å². The van der Waals surface area contributed by atoms with Crippen molar-refractivity contribution in [2.45, 2.75) is 205 Å². The minimum absolute atomic E-state index is 0.0839. The van der Waals surface area contributed by atoms with E-state index in [2.05, 4.69) is 29.4 Å². The Bertz CT molecular complexity index is 1440. The average molecular weight is 917 g/mol. The number of nitrogens with one attached hydrogen (secondary N) is 1. The van der Waals surface area contributed by atoms with Gasteiger partial charge in [-0.2, -0.15) is 13.2 Å². The number of phosphoric acid groups is 1. The van der Waals surface area contributed by atoms with Crippen LogP contribution in [0.1, 0.15) is 186 Å². The van der Waals surface area contributed by atoms with Crippen molar-refractivity contribution < 1.29 is 50.8 Å². The van der Waals surface area contributed by atoms with E-state index in [9.17, 15) is 32.5 Å². The van der Waals surface area contributed by atoms with Gasteiger partial charge in [-0.15, -0.1) is 10.2 Å². The molecule has 3 atom stereocenters. The zero-order valence-electron chi connectivity index (χ0n) is 39.4. The van der Waals surface area contributed by atoms with Crippen molar-refractivity contribution in [1.29, 1.82) is 0 Å². The molecular weight excluding hydrogens is 833 g/mol. The maximum absolute atomic E-state index is 13.3. The summed E-state index contributed by atoms with van der Waals surface area (Å²) in [6, 6.07) is 4.46. The van der Waals surface area contributed by atoms with Crippen molar-refractivity contribution in [2.24, 2.45) is 10.2 Å². The Morgan fingerprint density at radius 1 is 0.762 bits per heavy atom. The quantitative estimate of drug-likeness (QED) is 0.0288. The van der Waals surface area contributed by atoms with Gasteiger partial charge in [-0.05, 0) is 31.4 Å². The lowest BCUT2D eigenvalue weighted by Gasteiger charge is -2.31. The fraction of sp³-hybridized carbons (Fsp3) is 0.812. The fourth-order valence-corrected chi connectivity index (χ4v) is 8.18. The number of phosphoric ester groups is 1. The molecule has 0 spiro atoms. The van der Waals surface area contributed by atoms with Crippen LogP contribution in [0.3, 0.4) is 0 Å². The largest absolute Gasteiger partial charge is 0.756 e. The molecule has 63 heavy (non-hydrogen) atoms. The summed E-state index contributed by atoms with van der Waals surface area (Å²) in [5.41, 5.74) is -2.57. The second-order valence-corrected chi connectivity index (χ2v) is 19.5. The van der Waals surface area contributed by atoms with E-state index in [1.54, 1.807) is 6.08 Å². The summed E-state index contributed by atoms with van der Waals surface area (Å²) in [5.74, 6) is 0.116. The Kier molecular flexibility index (Phi) is 29.1. The number of rotatable bonds is 41. The molecule has 1 aliphatic rings. The molecule has 2 N–H and O–H groups in total. The highest BCUT2D eigenvalue weighted by Crippen LogP contribution is 2.52. The first kappa shape index (κ1) is 56.8. The first-order valence-electron chi connectivity index (χ1n) is 24.4. The number of quaternary nitrogens is 1. The summed E-state index contributed by atoms with van der Waals surface area (Å²) in [4.78, 5) is 25.8. The second-order valence-electron chi connectivity index (χ2n) is 18.1. The molecule has 364 valence electrons. The van der Waals surface area contributed by atoms with E-state index >= 15 is 0 Å². The Balaban J connectivity index is 1.77. The molecule has 15 heteroatoms. The number of nitrogens with zero attached hydrogens (tertiary/aromatic N) is 3. The minimum Gasteiger partial charge on any atom is -0.756 e. The number of hydrogen-bond acceptors (Lipinski definition) is 9. The molecule has 0 fully saturated rings. The highest BCUT2D eigenvalue weighted by atomic mass is 31.2. The number of alkyl halides is 3. The number of likely N-dealkylation sites (N-methyl/N-ethyl adjacent to an activating group) is 1. The maximum Gasteiger partial charge on any atom is 0.442 e. The number of allylic oxidation sites excluding steroid dienone is 1. The molecule has 0 radical (unpaired) electrons. The van der Waals surface area contributed by atoms with Gasteiger partial charge in [0.2, 0.25) is 5.91 Å². The van der Waals surface area contributed by atoms with Crippen LogP contribution in [0.25, 0.3) is 0 Å². The molecule has 1 aliphatic heterocycles. The molecule has 2 rings (SSSR count). The van der Waals surface area contributed by atoms with Gasteiger partial charge in [0, 0.05) is 12.0 Å². The van der Waals surface area contributed by atoms with Gasteiger partial charge in [0.25, 0.3) is 7.82 Å². The standard InChI is InChI=1S/C48H84F3N4O7P/c1-5-7-9-11-13-15-17-19-21-23-25-27-29-31-45(56)44(52-46(57)32-30-28-26-24-22-20-18-16-14-12-10-8-6-2)41-62-63(58,59)61-40-38-55(3,4)37-39-60-43-35-33-42(34-36-43)47(53-54-47)48(49,50)51/h29,31,33-36,44-45,56H,5-28,30,32,37-41H2,1-4H3,(H-,52,57,58,59)/b31-29-/t44-,45+/m0/s1. The number of amides is 1. The second kappa shape index (κ2) is 32.3. The smallest absolute Gasteiger partial charge is 0.442 e. The average Bonchev–Trinajstić information content (AvgIpc) is 4.06. The van der Waals surface area contributed by atoms with Crippen LogP contribution < -0.4 is 14.9 Å². The van der Waals surface area contributed by atoms with Crippen LogP contribution in [-0.2, 0) is 24.1 Å². The normalized spacial score (nSPS) is 15.7. The van der Waals surface area contributed by atoms with Crippen LogP contribution in [0.4, 0.5) is 13.2 Å². The van der Waals surface area contributed by atoms with Crippen molar-refractivity contribution in [2.75, 3.05) is 47.0 Å². The summed E-state index contributed by atoms with van der Waals surface area (Å²) in [6.45, 7) is 4.74. The number of benzene rings is 1. The van der Waals surface area contributed by atoms with Gasteiger partial charge in [0.15, 0.2) is 0 Å². The summed E-state index contributed by atoms with van der Waals surface area (Å²) in [6.07, 6.45) is 28.0. The molecular formula is C48H84F3N4O7P. The number of halogens is 3. The van der Waals surface area contributed by atoms with E-state index in [1.165, 1.54) is 140 Å². The number of unbranched alkanes of at least 4 members (excludes halogenated alkanes) is 23. The van der Waals surface area contributed by atoms with Crippen LogP contribution >= 0.6 is 7.82 Å². The highest BCUT2D eigenvalue weighted by molar-refractivity contribution is 7.45. The summed E-state index contributed by atoms with van der Waals surface area (Å²) < 4.78 is 69.2. The number of aliphatic hydroxyl groups excluding tert-OH is 1. The maximum atomic E-state index is 13.3. The minimum atomic E-state index is -4.80. The first-order chi connectivity index (χ1) is 30.1. The Morgan fingerprint density at radius 2 is 1.22 bits per heavy atom. The third-order valence-electron chi connectivity index (χ3n) is 11.8. The third kappa shape index (κ3) is 26.4. The van der Waals surface area contributed by atoms with E-state index in [1.807, 2.05) is 20.2 Å². The van der Waals surface area contributed by atoms with Crippen molar-refractivity contribution >= 4 is 13.7 Å². The van der Waals surface area contributed by atoms with Gasteiger partial charge in [0.1, 0.15) is 32.1 Å². The van der Waals surface area contributed by atoms with Crippen molar-refractivity contribution in [3.05, 3.63) is 42.0 Å². The third-order valence-corrected chi connectivity index (χ3v) is 12.8. The van der Waals surface area contributed by atoms with E-state index in [4.69, 9.17) is 13.8 Å². The number of carbonyl (C=O) groups is 1. The molecule has 1 unspecified atom stereocenters. The van der Waals surface area contributed by atoms with Gasteiger partial charge in [-0.3, -0.25) is 9.36 Å². The predicted molar refractivity (Wildman–Crippen MR) is 244 cm³/mol. The highest BCUT2D eigenvalue weighted by Gasteiger charge is 2.65. The molecule has 1 aromatic rings. The molecule has 0 saturated heterocycles. The summed E-state index contributed by atoms with van der Waals surface area (Å²) >= 11 is 0. The van der Waals surface area contributed by atoms with Gasteiger partial charge in [-0.1, -0.05) is 179 Å². The van der Waals surface area contributed by atoms with E-state index in [0.717, 1.165) is 38.5 Å². The fourth-order valence-electron chi connectivity index (χ4n) is 7.46. The van der Waals surface area contributed by atoms with Crippen LogP contribution in [0, 0.1) is 0 Å². The molecule has 0 aromatic heterocycles. The van der Waals surface area contributed by atoms with Gasteiger partial charge in [0.05, 0.1) is 32.8 Å². The summed E-state index contributed by atoms with van der Waals surface area (Å²) in [5, 5.41) is 20.3. The number of aliphatic hydroxyl groups is 1. The van der Waals surface area contributed by atoms with Crippen LogP contribution in [0.5, 0.6) is 5.75 Å². The van der Waals surface area contributed by atoms with Gasteiger partial charge in [-0.25, -0.2) is 0 Å². The molecule has 0 aliphatic carbocycles. The predicted octanol–water partition coefficient (Wildman–Crippen LogP) is 12.4. The lowest BCUT2D eigenvalue weighted by molar-refractivity contribution is -0.890. The van der Waals surface area contributed by atoms with E-state index in [-0.39, 0.29) is 37.6 Å². The molecule has 1 aromatic carbocycles. The topological polar surface area (TPSA) is 142 Å². The zero-order chi connectivity index (χ0) is 46.3. The van der Waals surface area contributed by atoms with Crippen molar-refractivity contribution in [3.63, 3.8) is 0 Å². The Hall–Kier alpha value is -2.35. The Labute approximate surface area is 378 Å². The molecule has 11 nitrogen and oxygen atoms in total. The lowest BCUT2D eigenvalue weighted by atomic mass is 10.0. The van der Waals surface area contributed by atoms with Crippen molar-refractivity contribution in [3.8, 4) is 5.75 Å².